The van der Waals surface area contributed by atoms with Gasteiger partial charge >= 0.3 is 0 Å². The van der Waals surface area contributed by atoms with E-state index in [-0.39, 0.29) is 11.3 Å². The number of rotatable bonds is 3. The lowest BCUT2D eigenvalue weighted by Gasteiger charge is -2.40. The fraction of sp³-hybridized carbons (Fsp3) is 0.333. The maximum Gasteiger partial charge on any atom is 0.243 e. The highest BCUT2D eigenvalue weighted by molar-refractivity contribution is 7.89. The third kappa shape index (κ3) is 4.07. The van der Waals surface area contributed by atoms with Gasteiger partial charge in [-0.05, 0) is 53.7 Å². The van der Waals surface area contributed by atoms with E-state index in [1.807, 2.05) is 25.1 Å². The Morgan fingerprint density at radius 1 is 0.903 bits per heavy atom. The second kappa shape index (κ2) is 7.92. The van der Waals surface area contributed by atoms with Crippen LogP contribution in [0.2, 0.25) is 0 Å². The quantitative estimate of drug-likeness (QED) is 0.594. The summed E-state index contributed by atoms with van der Waals surface area (Å²) in [5.41, 5.74) is 6.96. The number of fused-ring (bicyclic) bond motifs is 1. The maximum absolute atomic E-state index is 13.5. The molecule has 4 heteroatoms. The average Bonchev–Trinajstić information content (AvgIpc) is 2.73. The van der Waals surface area contributed by atoms with E-state index >= 15 is 0 Å². The Kier molecular flexibility index (Phi) is 5.57. The fourth-order valence-electron chi connectivity index (χ4n) is 4.76. The number of nitrogens with zero attached hydrogens (tertiary/aromatic N) is 1. The molecule has 2 aromatic carbocycles. The molecule has 4 rings (SSSR count). The van der Waals surface area contributed by atoms with Crippen molar-refractivity contribution in [3.63, 3.8) is 0 Å². The first kappa shape index (κ1) is 21.8. The molecule has 0 N–H and O–H groups in total. The molecule has 2 aromatic rings. The summed E-state index contributed by atoms with van der Waals surface area (Å²) in [6, 6.07) is 17.6. The van der Waals surface area contributed by atoms with Crippen LogP contribution in [0.3, 0.4) is 0 Å². The Labute approximate surface area is 186 Å². The summed E-state index contributed by atoms with van der Waals surface area (Å²) in [6.07, 6.45) is 4.48. The summed E-state index contributed by atoms with van der Waals surface area (Å²) in [4.78, 5) is 0.359. The van der Waals surface area contributed by atoms with E-state index in [1.54, 1.807) is 16.4 Å². The van der Waals surface area contributed by atoms with Crippen molar-refractivity contribution < 1.29 is 8.42 Å². The van der Waals surface area contributed by atoms with E-state index in [2.05, 4.69) is 64.1 Å². The first-order chi connectivity index (χ1) is 14.6. The van der Waals surface area contributed by atoms with Gasteiger partial charge in [0.25, 0.3) is 0 Å². The van der Waals surface area contributed by atoms with Gasteiger partial charge in [-0.15, -0.1) is 0 Å². The predicted molar refractivity (Wildman–Crippen MR) is 127 cm³/mol. The first-order valence-electron chi connectivity index (χ1n) is 10.8. The lowest BCUT2D eigenvalue weighted by Crippen LogP contribution is -2.39. The lowest BCUT2D eigenvalue weighted by molar-refractivity contribution is 0.428. The molecule has 1 atom stereocenters. The minimum Gasteiger partial charge on any atom is -0.207 e. The van der Waals surface area contributed by atoms with E-state index in [0.29, 0.717) is 18.0 Å². The van der Waals surface area contributed by atoms with Gasteiger partial charge in [-0.25, -0.2) is 8.42 Å². The molecule has 1 aliphatic carbocycles. The highest BCUT2D eigenvalue weighted by Crippen LogP contribution is 2.47. The van der Waals surface area contributed by atoms with Gasteiger partial charge in [0, 0.05) is 19.0 Å². The number of hydrogen-bond donors (Lipinski definition) is 0. The zero-order valence-corrected chi connectivity index (χ0v) is 19.8. The van der Waals surface area contributed by atoms with Crippen molar-refractivity contribution in [2.45, 2.75) is 45.4 Å². The summed E-state index contributed by atoms with van der Waals surface area (Å²) < 4.78 is 28.6. The molecule has 31 heavy (non-hydrogen) atoms. The van der Waals surface area contributed by atoms with Crippen LogP contribution in [0.1, 0.15) is 44.7 Å². The van der Waals surface area contributed by atoms with E-state index in [1.165, 1.54) is 16.7 Å². The molecule has 1 heterocycles. The molecular formula is C27H31NO2S. The van der Waals surface area contributed by atoms with E-state index in [9.17, 15) is 8.42 Å². The Morgan fingerprint density at radius 2 is 1.55 bits per heavy atom. The summed E-state index contributed by atoms with van der Waals surface area (Å²) >= 11 is 0. The third-order valence-corrected chi connectivity index (χ3v) is 8.06. The van der Waals surface area contributed by atoms with Crippen LogP contribution >= 0.6 is 0 Å². The van der Waals surface area contributed by atoms with Crippen molar-refractivity contribution in [2.75, 3.05) is 13.1 Å². The monoisotopic (exact) mass is 433 g/mol. The molecule has 1 unspecified atom stereocenters. The molecule has 0 radical (unpaired) electrons. The number of allylic oxidation sites excluding steroid dienone is 3. The predicted octanol–water partition coefficient (Wildman–Crippen LogP) is 6.01. The van der Waals surface area contributed by atoms with Crippen LogP contribution in [-0.4, -0.2) is 25.8 Å². The Bertz CT molecular complexity index is 1180. The van der Waals surface area contributed by atoms with Crippen LogP contribution in [0.15, 0.2) is 93.9 Å². The summed E-state index contributed by atoms with van der Waals surface area (Å²) in [6.45, 7) is 11.5. The minimum atomic E-state index is -3.57. The second-order valence-corrected chi connectivity index (χ2v) is 11.6. The summed E-state index contributed by atoms with van der Waals surface area (Å²) in [7, 11) is -3.57. The van der Waals surface area contributed by atoms with Crippen LogP contribution in [-0.2, 0) is 10.0 Å². The zero-order chi connectivity index (χ0) is 22.4. The largest absolute Gasteiger partial charge is 0.243 e. The van der Waals surface area contributed by atoms with Crippen molar-refractivity contribution in [2.24, 2.45) is 5.41 Å². The van der Waals surface area contributed by atoms with Gasteiger partial charge in [-0.3, -0.25) is 0 Å². The normalized spacial score (nSPS) is 20.2. The Balaban J connectivity index is 1.84. The van der Waals surface area contributed by atoms with Gasteiger partial charge < -0.3 is 0 Å². The van der Waals surface area contributed by atoms with Crippen LogP contribution in [0, 0.1) is 12.3 Å². The number of aryl methyl sites for hydroxylation is 1. The van der Waals surface area contributed by atoms with Crippen LogP contribution in [0.5, 0.6) is 0 Å². The molecule has 3 nitrogen and oxygen atoms in total. The van der Waals surface area contributed by atoms with Crippen LogP contribution < -0.4 is 0 Å². The smallest absolute Gasteiger partial charge is 0.207 e. The molecule has 0 spiro atoms. The van der Waals surface area contributed by atoms with Crippen molar-refractivity contribution in [3.05, 3.63) is 100 Å². The highest BCUT2D eigenvalue weighted by Gasteiger charge is 2.37. The minimum absolute atomic E-state index is 0.0945. The van der Waals surface area contributed by atoms with Crippen molar-refractivity contribution >= 4 is 10.0 Å². The lowest BCUT2D eigenvalue weighted by atomic mass is 9.69. The van der Waals surface area contributed by atoms with E-state index in [0.717, 1.165) is 16.7 Å². The van der Waals surface area contributed by atoms with Crippen molar-refractivity contribution in [1.29, 1.82) is 0 Å². The highest BCUT2D eigenvalue weighted by atomic mass is 32.2. The molecular weight excluding hydrogens is 402 g/mol. The molecule has 0 saturated heterocycles. The van der Waals surface area contributed by atoms with E-state index in [4.69, 9.17) is 0 Å². The van der Waals surface area contributed by atoms with Gasteiger partial charge in [0.2, 0.25) is 10.0 Å². The molecule has 0 saturated carbocycles. The average molecular weight is 434 g/mol. The Morgan fingerprint density at radius 3 is 2.16 bits per heavy atom. The molecule has 0 fully saturated rings. The zero-order valence-electron chi connectivity index (χ0n) is 19.0. The fourth-order valence-corrected chi connectivity index (χ4v) is 6.20. The molecule has 162 valence electrons. The van der Waals surface area contributed by atoms with Gasteiger partial charge in [0.1, 0.15) is 0 Å². The number of sulfonamides is 1. The van der Waals surface area contributed by atoms with Gasteiger partial charge in [-0.1, -0.05) is 86.5 Å². The molecule has 0 aromatic heterocycles. The van der Waals surface area contributed by atoms with E-state index < -0.39 is 10.0 Å². The first-order valence-corrected chi connectivity index (χ1v) is 12.3. The second-order valence-electron chi connectivity index (χ2n) is 9.67. The van der Waals surface area contributed by atoms with Crippen molar-refractivity contribution in [3.8, 4) is 0 Å². The number of benzene rings is 2. The molecule has 0 amide bonds. The molecule has 2 aliphatic rings. The third-order valence-electron chi connectivity index (χ3n) is 6.25. The van der Waals surface area contributed by atoms with Crippen LogP contribution in [0.25, 0.3) is 0 Å². The summed E-state index contributed by atoms with van der Waals surface area (Å²) in [5, 5.41) is 0. The topological polar surface area (TPSA) is 37.4 Å². The summed E-state index contributed by atoms with van der Waals surface area (Å²) in [5.74, 6) is 0.148. The maximum atomic E-state index is 13.5. The Hall–Kier alpha value is -2.43. The standard InChI is InChI=1S/C27H31NO2S/c1-19-11-13-22(14-12-19)31(29,30)28-17-20(2)23-15-16-24(21-9-7-6-8-10-21)26(25(23)18-28)27(3,4)5/h6-16,24H,17-18H2,1-5H3. The van der Waals surface area contributed by atoms with Gasteiger partial charge in [0.05, 0.1) is 4.90 Å². The molecule has 1 aliphatic heterocycles. The van der Waals surface area contributed by atoms with Gasteiger partial charge in [-0.2, -0.15) is 4.31 Å². The SMILES string of the molecule is CC1=C2C=CC(c3ccccc3)C(C(C)(C)C)=C2CN(S(=O)(=O)c2ccc(C)cc2)C1. The van der Waals surface area contributed by atoms with Gasteiger partial charge in [0.15, 0.2) is 0 Å². The van der Waals surface area contributed by atoms with Crippen molar-refractivity contribution in [1.82, 2.24) is 4.31 Å². The number of hydrogen-bond acceptors (Lipinski definition) is 2. The molecule has 0 bridgehead atoms. The van der Waals surface area contributed by atoms with Crippen LogP contribution in [0.4, 0.5) is 0 Å².